The average Bonchev–Trinajstić information content (AvgIpc) is 2.60. The maximum atomic E-state index is 11.3. The zero-order chi connectivity index (χ0) is 10.6. The molecule has 1 aromatic rings. The number of likely N-dealkylation sites (N-methyl/N-ethyl adjacent to an activating group) is 1. The number of nitrogens with one attached hydrogen (secondary N) is 2. The first-order valence-corrected chi connectivity index (χ1v) is 4.71. The second kappa shape index (κ2) is 4.56. The molecule has 0 aromatic carbocycles. The largest absolute Gasteiger partial charge is 0.375 e. The number of rotatable bonds is 3. The molecule has 76 valence electrons. The number of anilines is 1. The van der Waals surface area contributed by atoms with E-state index >= 15 is 0 Å². The van der Waals surface area contributed by atoms with Gasteiger partial charge in [-0.15, -0.1) is 11.3 Å². The van der Waals surface area contributed by atoms with Crippen LogP contribution in [0.1, 0.15) is 10.5 Å². The van der Waals surface area contributed by atoms with Crippen LogP contribution in [0.2, 0.25) is 0 Å². The summed E-state index contributed by atoms with van der Waals surface area (Å²) in [5.74, 6) is -0.664. The Morgan fingerprint density at radius 3 is 2.86 bits per heavy atom. The molecule has 0 radical (unpaired) electrons. The molecule has 0 fully saturated rings. The van der Waals surface area contributed by atoms with Crippen LogP contribution in [0.15, 0.2) is 5.38 Å². The van der Waals surface area contributed by atoms with Crippen LogP contribution in [0.3, 0.4) is 0 Å². The lowest BCUT2D eigenvalue weighted by atomic mass is 10.4. The maximum Gasteiger partial charge on any atom is 0.271 e. The second-order valence-corrected chi connectivity index (χ2v) is 3.32. The molecule has 0 bridgehead atoms. The van der Waals surface area contributed by atoms with Gasteiger partial charge in [0.2, 0.25) is 5.91 Å². The zero-order valence-corrected chi connectivity index (χ0v) is 8.35. The van der Waals surface area contributed by atoms with Crippen molar-refractivity contribution in [2.45, 2.75) is 0 Å². The van der Waals surface area contributed by atoms with Crippen LogP contribution in [0.4, 0.5) is 5.13 Å². The zero-order valence-electron chi connectivity index (χ0n) is 7.53. The molecule has 1 aromatic heterocycles. The predicted molar refractivity (Wildman–Crippen MR) is 52.9 cm³/mol. The van der Waals surface area contributed by atoms with E-state index in [1.54, 1.807) is 0 Å². The van der Waals surface area contributed by atoms with E-state index in [2.05, 4.69) is 15.6 Å². The first kappa shape index (κ1) is 10.5. The number of hydrogen-bond donors (Lipinski definition) is 3. The monoisotopic (exact) mass is 214 g/mol. The van der Waals surface area contributed by atoms with E-state index in [0.29, 0.717) is 5.13 Å². The van der Waals surface area contributed by atoms with Crippen LogP contribution in [0, 0.1) is 0 Å². The molecular weight excluding hydrogens is 204 g/mol. The lowest BCUT2D eigenvalue weighted by Gasteiger charge is -2.00. The van der Waals surface area contributed by atoms with E-state index in [1.165, 1.54) is 23.8 Å². The minimum atomic E-state index is -0.401. The van der Waals surface area contributed by atoms with Crippen molar-refractivity contribution in [1.82, 2.24) is 15.6 Å². The van der Waals surface area contributed by atoms with Gasteiger partial charge in [-0.05, 0) is 0 Å². The van der Waals surface area contributed by atoms with Crippen molar-refractivity contribution in [3.8, 4) is 0 Å². The van der Waals surface area contributed by atoms with Crippen LogP contribution in [-0.4, -0.2) is 30.4 Å². The molecule has 0 atom stereocenters. The number of nitrogens with two attached hydrogens (primary N) is 1. The van der Waals surface area contributed by atoms with Crippen molar-refractivity contribution in [1.29, 1.82) is 0 Å². The van der Waals surface area contributed by atoms with Crippen molar-refractivity contribution in [3.63, 3.8) is 0 Å². The van der Waals surface area contributed by atoms with E-state index in [9.17, 15) is 9.59 Å². The molecule has 0 saturated carbocycles. The summed E-state index contributed by atoms with van der Waals surface area (Å²) in [7, 11) is 1.50. The van der Waals surface area contributed by atoms with Gasteiger partial charge in [0, 0.05) is 12.4 Å². The third-order valence-electron chi connectivity index (χ3n) is 1.44. The van der Waals surface area contributed by atoms with Gasteiger partial charge in [0.05, 0.1) is 6.54 Å². The van der Waals surface area contributed by atoms with Crippen LogP contribution in [-0.2, 0) is 4.79 Å². The lowest BCUT2D eigenvalue weighted by molar-refractivity contribution is -0.119. The summed E-state index contributed by atoms with van der Waals surface area (Å²) < 4.78 is 0. The molecule has 4 N–H and O–H groups in total. The maximum absolute atomic E-state index is 11.3. The number of carbonyl (C=O) groups excluding carboxylic acids is 2. The van der Waals surface area contributed by atoms with Crippen LogP contribution >= 0.6 is 11.3 Å². The van der Waals surface area contributed by atoms with Crippen LogP contribution in [0.25, 0.3) is 0 Å². The first-order chi connectivity index (χ1) is 6.63. The Bertz CT molecular complexity index is 349. The van der Waals surface area contributed by atoms with Gasteiger partial charge < -0.3 is 16.4 Å². The summed E-state index contributed by atoms with van der Waals surface area (Å²) in [4.78, 5) is 25.8. The highest BCUT2D eigenvalue weighted by atomic mass is 32.1. The molecule has 6 nitrogen and oxygen atoms in total. The molecule has 0 aliphatic rings. The van der Waals surface area contributed by atoms with Crippen molar-refractivity contribution < 1.29 is 9.59 Å². The summed E-state index contributed by atoms with van der Waals surface area (Å²) in [5, 5.41) is 6.65. The molecule has 7 heteroatoms. The van der Waals surface area contributed by atoms with Gasteiger partial charge in [0.15, 0.2) is 5.13 Å². The molecule has 2 amide bonds. The number of aromatic nitrogens is 1. The number of thiazole rings is 1. The molecule has 1 heterocycles. The summed E-state index contributed by atoms with van der Waals surface area (Å²) in [6.45, 7) is -0.0627. The highest BCUT2D eigenvalue weighted by molar-refractivity contribution is 7.13. The number of carbonyl (C=O) groups is 2. The van der Waals surface area contributed by atoms with Gasteiger partial charge in [0.1, 0.15) is 5.69 Å². The third-order valence-corrected chi connectivity index (χ3v) is 2.12. The van der Waals surface area contributed by atoms with Gasteiger partial charge in [-0.3, -0.25) is 9.59 Å². The van der Waals surface area contributed by atoms with Gasteiger partial charge in [-0.1, -0.05) is 0 Å². The molecule has 0 saturated heterocycles. The average molecular weight is 214 g/mol. The lowest BCUT2D eigenvalue weighted by Crippen LogP contribution is -2.35. The molecule has 0 spiro atoms. The summed E-state index contributed by atoms with van der Waals surface area (Å²) in [6, 6.07) is 0. The SMILES string of the molecule is CNC(=O)CNC(=O)c1csc(N)n1. The number of nitrogens with zero attached hydrogens (tertiary/aromatic N) is 1. The molecule has 0 aliphatic heterocycles. The fourth-order valence-electron chi connectivity index (χ4n) is 0.731. The van der Waals surface area contributed by atoms with E-state index in [0.717, 1.165) is 0 Å². The van der Waals surface area contributed by atoms with Gasteiger partial charge in [-0.25, -0.2) is 4.98 Å². The number of nitrogen functional groups attached to an aromatic ring is 1. The topological polar surface area (TPSA) is 97.1 Å². The quantitative estimate of drug-likeness (QED) is 0.613. The Labute approximate surface area is 84.5 Å². The first-order valence-electron chi connectivity index (χ1n) is 3.83. The minimum Gasteiger partial charge on any atom is -0.375 e. The van der Waals surface area contributed by atoms with E-state index in [1.807, 2.05) is 0 Å². The molecule has 1 rings (SSSR count). The highest BCUT2D eigenvalue weighted by Crippen LogP contribution is 2.10. The normalized spacial score (nSPS) is 9.50. The second-order valence-electron chi connectivity index (χ2n) is 2.43. The minimum absolute atomic E-state index is 0.0627. The summed E-state index contributed by atoms with van der Waals surface area (Å²) in [5.41, 5.74) is 5.58. The van der Waals surface area contributed by atoms with Crippen molar-refractivity contribution in [2.24, 2.45) is 0 Å². The molecular formula is C7H10N4O2S. The fourth-order valence-corrected chi connectivity index (χ4v) is 1.27. The number of hydrogen-bond acceptors (Lipinski definition) is 5. The Balaban J connectivity index is 2.47. The van der Waals surface area contributed by atoms with E-state index < -0.39 is 5.91 Å². The highest BCUT2D eigenvalue weighted by Gasteiger charge is 2.09. The third kappa shape index (κ3) is 2.70. The smallest absolute Gasteiger partial charge is 0.271 e. The Morgan fingerprint density at radius 1 is 1.64 bits per heavy atom. The Hall–Kier alpha value is -1.63. The fraction of sp³-hybridized carbons (Fsp3) is 0.286. The van der Waals surface area contributed by atoms with Crippen molar-refractivity contribution in [3.05, 3.63) is 11.1 Å². The van der Waals surface area contributed by atoms with Gasteiger partial charge >= 0.3 is 0 Å². The summed E-state index contributed by atoms with van der Waals surface area (Å²) in [6.07, 6.45) is 0. The Kier molecular flexibility index (Phi) is 3.41. The standard InChI is InChI=1S/C7H10N4O2S/c1-9-5(12)2-10-6(13)4-3-14-7(8)11-4/h3H,2H2,1H3,(H2,8,11)(H,9,12)(H,10,13). The Morgan fingerprint density at radius 2 is 2.36 bits per heavy atom. The number of amides is 2. The molecule has 14 heavy (non-hydrogen) atoms. The van der Waals surface area contributed by atoms with Crippen LogP contribution in [0.5, 0.6) is 0 Å². The summed E-state index contributed by atoms with van der Waals surface area (Å²) >= 11 is 1.18. The predicted octanol–water partition coefficient (Wildman–Crippen LogP) is -0.799. The van der Waals surface area contributed by atoms with Crippen LogP contribution < -0.4 is 16.4 Å². The molecule has 0 aliphatic carbocycles. The molecule has 0 unspecified atom stereocenters. The van der Waals surface area contributed by atoms with Crippen molar-refractivity contribution in [2.75, 3.05) is 19.3 Å². The van der Waals surface area contributed by atoms with Gasteiger partial charge in [0.25, 0.3) is 5.91 Å². The van der Waals surface area contributed by atoms with E-state index in [-0.39, 0.29) is 18.1 Å². The van der Waals surface area contributed by atoms with E-state index in [4.69, 9.17) is 5.73 Å². The van der Waals surface area contributed by atoms with Crippen molar-refractivity contribution >= 4 is 28.3 Å². The van der Waals surface area contributed by atoms with Gasteiger partial charge in [-0.2, -0.15) is 0 Å².